The summed E-state index contributed by atoms with van der Waals surface area (Å²) >= 11 is 0. The molecule has 2 fully saturated rings. The molecule has 3 aliphatic rings. The molecule has 2 N–H and O–H groups in total. The largest absolute Gasteiger partial charge is 0.327 e. The lowest BCUT2D eigenvalue weighted by atomic mass is 9.86. The summed E-state index contributed by atoms with van der Waals surface area (Å²) in [5, 5.41) is 0. The van der Waals surface area contributed by atoms with Crippen LogP contribution in [0.2, 0.25) is 0 Å². The Hall–Kier alpha value is -0.300. The first-order chi connectivity index (χ1) is 6.10. The zero-order valence-electron chi connectivity index (χ0n) is 8.53. The first-order valence-electron chi connectivity index (χ1n) is 5.54. The van der Waals surface area contributed by atoms with Crippen LogP contribution in [0, 0.1) is 29.1 Å². The molecule has 13 heavy (non-hydrogen) atoms. The third-order valence-corrected chi connectivity index (χ3v) is 4.79. The zero-order valence-corrected chi connectivity index (χ0v) is 8.53. The third kappa shape index (κ3) is 0.914. The second-order valence-electron chi connectivity index (χ2n) is 5.82. The van der Waals surface area contributed by atoms with E-state index in [1.54, 1.807) is 0 Å². The highest BCUT2D eigenvalue weighted by Crippen LogP contribution is 2.62. The van der Waals surface area contributed by atoms with Gasteiger partial charge in [-0.15, -0.1) is 0 Å². The molecule has 1 nitrogen and oxygen atoms in total. The second kappa shape index (κ2) is 2.20. The number of fused-ring (bicyclic) bond motifs is 2. The minimum atomic E-state index is 0.434. The van der Waals surface area contributed by atoms with Crippen molar-refractivity contribution in [2.45, 2.75) is 32.7 Å². The third-order valence-electron chi connectivity index (χ3n) is 4.79. The lowest BCUT2D eigenvalue weighted by Gasteiger charge is -2.19. The van der Waals surface area contributed by atoms with Gasteiger partial charge in [-0.2, -0.15) is 0 Å². The summed E-state index contributed by atoms with van der Waals surface area (Å²) in [6.07, 6.45) is 7.70. The van der Waals surface area contributed by atoms with Crippen molar-refractivity contribution >= 4 is 0 Å². The van der Waals surface area contributed by atoms with Gasteiger partial charge in [0.25, 0.3) is 0 Å². The molecule has 0 aromatic carbocycles. The molecule has 0 heterocycles. The number of hydrogen-bond donors (Lipinski definition) is 1. The summed E-state index contributed by atoms with van der Waals surface area (Å²) in [5.74, 6) is 3.51. The van der Waals surface area contributed by atoms with Crippen LogP contribution in [0.15, 0.2) is 12.2 Å². The zero-order chi connectivity index (χ0) is 9.22. The van der Waals surface area contributed by atoms with Crippen LogP contribution in [0.25, 0.3) is 0 Å². The van der Waals surface area contributed by atoms with E-state index in [0.717, 1.165) is 23.7 Å². The van der Waals surface area contributed by atoms with E-state index in [-0.39, 0.29) is 0 Å². The van der Waals surface area contributed by atoms with Crippen molar-refractivity contribution in [3.63, 3.8) is 0 Å². The summed E-state index contributed by atoms with van der Waals surface area (Å²) in [5.41, 5.74) is 6.57. The molecule has 0 spiro atoms. The van der Waals surface area contributed by atoms with Crippen molar-refractivity contribution in [3.8, 4) is 0 Å². The van der Waals surface area contributed by atoms with Gasteiger partial charge in [-0.3, -0.25) is 0 Å². The Morgan fingerprint density at radius 2 is 1.92 bits per heavy atom. The maximum Gasteiger partial charge on any atom is 0.0131 e. The van der Waals surface area contributed by atoms with E-state index < -0.39 is 0 Å². The first-order valence-corrected chi connectivity index (χ1v) is 5.54. The number of allylic oxidation sites excluding steroid dienone is 2. The van der Waals surface area contributed by atoms with E-state index in [1.807, 2.05) is 0 Å². The van der Waals surface area contributed by atoms with Gasteiger partial charge in [-0.05, 0) is 41.9 Å². The molecule has 5 atom stereocenters. The predicted molar refractivity (Wildman–Crippen MR) is 54.1 cm³/mol. The van der Waals surface area contributed by atoms with Crippen LogP contribution in [-0.2, 0) is 0 Å². The average molecular weight is 177 g/mol. The van der Waals surface area contributed by atoms with Gasteiger partial charge >= 0.3 is 0 Å². The lowest BCUT2D eigenvalue weighted by Crippen LogP contribution is -2.15. The highest BCUT2D eigenvalue weighted by molar-refractivity contribution is 5.19. The molecule has 1 heteroatoms. The molecule has 3 aliphatic carbocycles. The maximum absolute atomic E-state index is 6.13. The van der Waals surface area contributed by atoms with Crippen LogP contribution in [-0.4, -0.2) is 6.04 Å². The standard InChI is InChI=1S/C12H19N/c1-12(2)10(11(12)13)9-6-7-3-4-8(9)5-7/h3-4,7-11H,5-6,13H2,1-2H3. The first kappa shape index (κ1) is 8.05. The molecule has 2 saturated carbocycles. The van der Waals surface area contributed by atoms with E-state index >= 15 is 0 Å². The van der Waals surface area contributed by atoms with Gasteiger partial charge in [0.05, 0.1) is 0 Å². The molecular formula is C12H19N. The Balaban J connectivity index is 1.79. The van der Waals surface area contributed by atoms with Crippen molar-refractivity contribution in [1.82, 2.24) is 0 Å². The molecular weight excluding hydrogens is 158 g/mol. The van der Waals surface area contributed by atoms with Crippen LogP contribution in [0.5, 0.6) is 0 Å². The van der Waals surface area contributed by atoms with Gasteiger partial charge in [0.2, 0.25) is 0 Å². The van der Waals surface area contributed by atoms with Gasteiger partial charge in [0.1, 0.15) is 0 Å². The molecule has 0 saturated heterocycles. The van der Waals surface area contributed by atoms with Gasteiger partial charge < -0.3 is 5.73 Å². The number of hydrogen-bond acceptors (Lipinski definition) is 1. The van der Waals surface area contributed by atoms with Crippen molar-refractivity contribution in [2.24, 2.45) is 34.8 Å². The molecule has 5 unspecified atom stereocenters. The Kier molecular flexibility index (Phi) is 1.36. The van der Waals surface area contributed by atoms with Crippen LogP contribution < -0.4 is 5.73 Å². The van der Waals surface area contributed by atoms with E-state index in [1.165, 1.54) is 12.8 Å². The van der Waals surface area contributed by atoms with Gasteiger partial charge in [-0.25, -0.2) is 0 Å². The van der Waals surface area contributed by atoms with Gasteiger partial charge in [0, 0.05) is 6.04 Å². The fraction of sp³-hybridized carbons (Fsp3) is 0.833. The van der Waals surface area contributed by atoms with Gasteiger partial charge in [-0.1, -0.05) is 26.0 Å². The monoisotopic (exact) mass is 177 g/mol. The second-order valence-corrected chi connectivity index (χ2v) is 5.82. The Morgan fingerprint density at radius 3 is 2.31 bits per heavy atom. The van der Waals surface area contributed by atoms with Crippen molar-refractivity contribution in [2.75, 3.05) is 0 Å². The van der Waals surface area contributed by atoms with E-state index in [9.17, 15) is 0 Å². The fourth-order valence-electron chi connectivity index (χ4n) is 3.77. The molecule has 0 aromatic rings. The lowest BCUT2D eigenvalue weighted by molar-refractivity contribution is 0.342. The topological polar surface area (TPSA) is 26.0 Å². The average Bonchev–Trinajstić information content (AvgIpc) is 2.54. The Labute approximate surface area is 80.4 Å². The highest BCUT2D eigenvalue weighted by Gasteiger charge is 2.61. The molecule has 0 radical (unpaired) electrons. The Bertz CT molecular complexity index is 266. The van der Waals surface area contributed by atoms with Crippen LogP contribution in [0.3, 0.4) is 0 Å². The molecule has 3 rings (SSSR count). The Morgan fingerprint density at radius 1 is 1.23 bits per heavy atom. The molecule has 72 valence electrons. The summed E-state index contributed by atoms with van der Waals surface area (Å²) in [6.45, 7) is 4.66. The van der Waals surface area contributed by atoms with Crippen molar-refractivity contribution in [1.29, 1.82) is 0 Å². The van der Waals surface area contributed by atoms with Crippen LogP contribution in [0.4, 0.5) is 0 Å². The fourth-order valence-corrected chi connectivity index (χ4v) is 3.77. The van der Waals surface area contributed by atoms with E-state index in [2.05, 4.69) is 26.0 Å². The summed E-state index contributed by atoms with van der Waals surface area (Å²) in [6, 6.07) is 0.477. The number of nitrogens with two attached hydrogens (primary N) is 1. The maximum atomic E-state index is 6.13. The van der Waals surface area contributed by atoms with Gasteiger partial charge in [0.15, 0.2) is 0 Å². The summed E-state index contributed by atoms with van der Waals surface area (Å²) in [7, 11) is 0. The predicted octanol–water partition coefficient (Wildman–Crippen LogP) is 2.18. The minimum absolute atomic E-state index is 0.434. The summed E-state index contributed by atoms with van der Waals surface area (Å²) < 4.78 is 0. The van der Waals surface area contributed by atoms with Crippen molar-refractivity contribution in [3.05, 3.63) is 12.2 Å². The normalized spacial score (nSPS) is 55.8. The highest BCUT2D eigenvalue weighted by atomic mass is 14.9. The smallest absolute Gasteiger partial charge is 0.0131 e. The quantitative estimate of drug-likeness (QED) is 0.610. The minimum Gasteiger partial charge on any atom is -0.327 e. The summed E-state index contributed by atoms with van der Waals surface area (Å²) in [4.78, 5) is 0. The molecule has 0 aromatic heterocycles. The van der Waals surface area contributed by atoms with E-state index in [0.29, 0.717) is 11.5 Å². The van der Waals surface area contributed by atoms with E-state index in [4.69, 9.17) is 5.73 Å². The molecule has 0 aliphatic heterocycles. The van der Waals surface area contributed by atoms with Crippen LogP contribution in [0.1, 0.15) is 26.7 Å². The number of rotatable bonds is 1. The van der Waals surface area contributed by atoms with Crippen molar-refractivity contribution < 1.29 is 0 Å². The molecule has 2 bridgehead atoms. The van der Waals surface area contributed by atoms with Crippen LogP contribution >= 0.6 is 0 Å². The SMILES string of the molecule is CC1(C)C(N)C1C1CC2C=CC1C2. The molecule has 0 amide bonds.